The minimum Gasteiger partial charge on any atom is -0.316 e. The van der Waals surface area contributed by atoms with Gasteiger partial charge in [-0.15, -0.1) is 0 Å². The van der Waals surface area contributed by atoms with Gasteiger partial charge in [0.25, 0.3) is 0 Å². The van der Waals surface area contributed by atoms with Crippen LogP contribution in [-0.2, 0) is 0 Å². The van der Waals surface area contributed by atoms with E-state index in [0.29, 0.717) is 17.5 Å². The van der Waals surface area contributed by atoms with E-state index in [2.05, 4.69) is 37.5 Å². The maximum absolute atomic E-state index is 6.05. The van der Waals surface area contributed by atoms with Gasteiger partial charge in [-0.1, -0.05) is 37.6 Å². The van der Waals surface area contributed by atoms with Gasteiger partial charge < -0.3 is 10.6 Å². The Labute approximate surface area is 115 Å². The standard InChI is InChI=1S/C15H23ClN2/c1-11(12-5-4-6-13(16)9-12)18-14-7-8-17-10-15(14,2)3/h4-6,9,11,14,17-18H,7-8,10H2,1-3H3/t11-,14?/m1/s1. The fourth-order valence-electron chi connectivity index (χ4n) is 2.65. The smallest absolute Gasteiger partial charge is 0.0409 e. The Morgan fingerprint density at radius 1 is 1.44 bits per heavy atom. The van der Waals surface area contributed by atoms with E-state index in [1.807, 2.05) is 18.2 Å². The summed E-state index contributed by atoms with van der Waals surface area (Å²) >= 11 is 6.05. The van der Waals surface area contributed by atoms with Crippen molar-refractivity contribution < 1.29 is 0 Å². The van der Waals surface area contributed by atoms with E-state index < -0.39 is 0 Å². The summed E-state index contributed by atoms with van der Waals surface area (Å²) < 4.78 is 0. The molecule has 2 nitrogen and oxygen atoms in total. The second-order valence-corrected chi connectivity index (χ2v) is 6.39. The zero-order valence-corrected chi connectivity index (χ0v) is 12.2. The van der Waals surface area contributed by atoms with E-state index >= 15 is 0 Å². The van der Waals surface area contributed by atoms with Gasteiger partial charge in [-0.2, -0.15) is 0 Å². The molecule has 0 aromatic heterocycles. The van der Waals surface area contributed by atoms with Gasteiger partial charge in [0.05, 0.1) is 0 Å². The number of rotatable bonds is 3. The first-order chi connectivity index (χ1) is 8.49. The molecule has 0 amide bonds. The molecule has 1 heterocycles. The molecular weight excluding hydrogens is 244 g/mol. The van der Waals surface area contributed by atoms with Crippen LogP contribution in [0.4, 0.5) is 0 Å². The molecule has 2 N–H and O–H groups in total. The second-order valence-electron chi connectivity index (χ2n) is 5.95. The molecule has 1 aromatic carbocycles. The van der Waals surface area contributed by atoms with Crippen molar-refractivity contribution in [2.24, 2.45) is 5.41 Å². The summed E-state index contributed by atoms with van der Waals surface area (Å²) in [6, 6.07) is 9.01. The minimum atomic E-state index is 0.297. The van der Waals surface area contributed by atoms with Crippen molar-refractivity contribution in [3.63, 3.8) is 0 Å². The van der Waals surface area contributed by atoms with E-state index in [1.165, 1.54) is 12.0 Å². The Balaban J connectivity index is 2.04. The van der Waals surface area contributed by atoms with Crippen molar-refractivity contribution >= 4 is 11.6 Å². The topological polar surface area (TPSA) is 24.1 Å². The molecule has 0 aliphatic carbocycles. The summed E-state index contributed by atoms with van der Waals surface area (Å²) in [6.45, 7) is 9.03. The predicted octanol–water partition coefficient (Wildman–Crippen LogP) is 3.38. The third kappa shape index (κ3) is 3.25. The predicted molar refractivity (Wildman–Crippen MR) is 78.1 cm³/mol. The van der Waals surface area contributed by atoms with Gasteiger partial charge in [0.2, 0.25) is 0 Å². The minimum absolute atomic E-state index is 0.297. The Bertz CT molecular complexity index is 403. The third-order valence-corrected chi connectivity index (χ3v) is 4.17. The number of piperidine rings is 1. The van der Waals surface area contributed by atoms with Crippen molar-refractivity contribution in [2.75, 3.05) is 13.1 Å². The largest absolute Gasteiger partial charge is 0.316 e. The first-order valence-electron chi connectivity index (χ1n) is 6.71. The monoisotopic (exact) mass is 266 g/mol. The van der Waals surface area contributed by atoms with E-state index in [9.17, 15) is 0 Å². The molecule has 18 heavy (non-hydrogen) atoms. The molecule has 1 aliphatic rings. The fraction of sp³-hybridized carbons (Fsp3) is 0.600. The number of halogens is 1. The maximum Gasteiger partial charge on any atom is 0.0409 e. The summed E-state index contributed by atoms with van der Waals surface area (Å²) in [4.78, 5) is 0. The van der Waals surface area contributed by atoms with Gasteiger partial charge in [-0.05, 0) is 43.0 Å². The molecular formula is C15H23ClN2. The van der Waals surface area contributed by atoms with Gasteiger partial charge in [0, 0.05) is 23.7 Å². The first-order valence-corrected chi connectivity index (χ1v) is 7.09. The summed E-state index contributed by atoms with van der Waals surface area (Å²) in [5.41, 5.74) is 1.56. The maximum atomic E-state index is 6.05. The van der Waals surface area contributed by atoms with Crippen LogP contribution >= 0.6 is 11.6 Å². The van der Waals surface area contributed by atoms with Crippen molar-refractivity contribution in [1.82, 2.24) is 10.6 Å². The fourth-order valence-corrected chi connectivity index (χ4v) is 2.85. The van der Waals surface area contributed by atoms with Crippen LogP contribution in [0, 0.1) is 5.41 Å². The van der Waals surface area contributed by atoms with Gasteiger partial charge in [0.1, 0.15) is 0 Å². The van der Waals surface area contributed by atoms with Crippen molar-refractivity contribution in [1.29, 1.82) is 0 Å². The molecule has 3 heteroatoms. The highest BCUT2D eigenvalue weighted by molar-refractivity contribution is 6.30. The van der Waals surface area contributed by atoms with Crippen LogP contribution in [0.2, 0.25) is 5.02 Å². The van der Waals surface area contributed by atoms with Crippen LogP contribution in [-0.4, -0.2) is 19.1 Å². The zero-order chi connectivity index (χ0) is 13.2. The van der Waals surface area contributed by atoms with E-state index in [-0.39, 0.29) is 0 Å². The van der Waals surface area contributed by atoms with Gasteiger partial charge >= 0.3 is 0 Å². The molecule has 1 fully saturated rings. The molecule has 2 atom stereocenters. The van der Waals surface area contributed by atoms with Gasteiger partial charge in [-0.3, -0.25) is 0 Å². The van der Waals surface area contributed by atoms with Crippen LogP contribution in [0.15, 0.2) is 24.3 Å². The Kier molecular flexibility index (Phi) is 4.31. The average molecular weight is 267 g/mol. The Morgan fingerprint density at radius 2 is 2.22 bits per heavy atom. The molecule has 0 radical (unpaired) electrons. The molecule has 2 rings (SSSR count). The lowest BCUT2D eigenvalue weighted by Gasteiger charge is -2.41. The van der Waals surface area contributed by atoms with E-state index in [4.69, 9.17) is 11.6 Å². The van der Waals surface area contributed by atoms with Gasteiger partial charge in [-0.25, -0.2) is 0 Å². The molecule has 1 saturated heterocycles. The summed E-state index contributed by atoms with van der Waals surface area (Å²) in [6.07, 6.45) is 1.18. The molecule has 1 aromatic rings. The quantitative estimate of drug-likeness (QED) is 0.877. The molecule has 1 unspecified atom stereocenters. The van der Waals surface area contributed by atoms with Crippen LogP contribution < -0.4 is 10.6 Å². The molecule has 1 aliphatic heterocycles. The second kappa shape index (κ2) is 5.60. The number of nitrogens with one attached hydrogen (secondary N) is 2. The van der Waals surface area contributed by atoms with Crippen LogP contribution in [0.5, 0.6) is 0 Å². The van der Waals surface area contributed by atoms with Crippen molar-refractivity contribution in [3.8, 4) is 0 Å². The molecule has 0 spiro atoms. The lowest BCUT2D eigenvalue weighted by molar-refractivity contribution is 0.174. The third-order valence-electron chi connectivity index (χ3n) is 3.93. The normalized spacial score (nSPS) is 24.8. The van der Waals surface area contributed by atoms with Crippen LogP contribution in [0.3, 0.4) is 0 Å². The number of hydrogen-bond acceptors (Lipinski definition) is 2. The summed E-state index contributed by atoms with van der Waals surface area (Å²) in [7, 11) is 0. The van der Waals surface area contributed by atoms with E-state index in [0.717, 1.165) is 18.1 Å². The SMILES string of the molecule is C[C@@H](NC1CCNCC1(C)C)c1cccc(Cl)c1. The summed E-state index contributed by atoms with van der Waals surface area (Å²) in [5, 5.41) is 8.03. The highest BCUT2D eigenvalue weighted by Crippen LogP contribution is 2.28. The average Bonchev–Trinajstić information content (AvgIpc) is 2.31. The van der Waals surface area contributed by atoms with E-state index in [1.54, 1.807) is 0 Å². The number of hydrogen-bond donors (Lipinski definition) is 2. The van der Waals surface area contributed by atoms with Crippen LogP contribution in [0.1, 0.15) is 38.8 Å². The molecule has 100 valence electrons. The number of benzene rings is 1. The highest BCUT2D eigenvalue weighted by atomic mass is 35.5. The van der Waals surface area contributed by atoms with Crippen molar-refractivity contribution in [2.45, 2.75) is 39.3 Å². The van der Waals surface area contributed by atoms with Gasteiger partial charge in [0.15, 0.2) is 0 Å². The van der Waals surface area contributed by atoms with Crippen LogP contribution in [0.25, 0.3) is 0 Å². The first kappa shape index (κ1) is 13.9. The Hall–Kier alpha value is -0.570. The molecule has 0 saturated carbocycles. The summed E-state index contributed by atoms with van der Waals surface area (Å²) in [5.74, 6) is 0. The van der Waals surface area contributed by atoms with Crippen molar-refractivity contribution in [3.05, 3.63) is 34.9 Å². The highest BCUT2D eigenvalue weighted by Gasteiger charge is 2.32. The lowest BCUT2D eigenvalue weighted by atomic mass is 9.79. The lowest BCUT2D eigenvalue weighted by Crippen LogP contribution is -2.53. The Morgan fingerprint density at radius 3 is 2.89 bits per heavy atom. The zero-order valence-electron chi connectivity index (χ0n) is 11.5. The molecule has 0 bridgehead atoms.